The molecule has 0 unspecified atom stereocenters. The molecule has 2 heterocycles. The molecule has 2 N–H and O–H groups in total. The molecule has 0 aromatic carbocycles. The zero-order valence-corrected chi connectivity index (χ0v) is 9.26. The molecule has 0 spiro atoms. The van der Waals surface area contributed by atoms with Crippen LogP contribution in [0.25, 0.3) is 0 Å². The van der Waals surface area contributed by atoms with Gasteiger partial charge in [-0.15, -0.1) is 0 Å². The van der Waals surface area contributed by atoms with Gasteiger partial charge in [-0.1, -0.05) is 0 Å². The van der Waals surface area contributed by atoms with Crippen LogP contribution in [0.5, 0.6) is 0 Å². The van der Waals surface area contributed by atoms with Crippen molar-refractivity contribution < 1.29 is 9.90 Å². The molecule has 1 aromatic rings. The van der Waals surface area contributed by atoms with Crippen LogP contribution in [0.3, 0.4) is 0 Å². The number of aryl methyl sites for hydroxylation is 1. The third-order valence-electron chi connectivity index (χ3n) is 2.77. The second-order valence-corrected chi connectivity index (χ2v) is 4.11. The highest BCUT2D eigenvalue weighted by atomic mass is 16.4. The van der Waals surface area contributed by atoms with E-state index in [2.05, 4.69) is 10.4 Å². The molecule has 1 aliphatic rings. The zero-order chi connectivity index (χ0) is 11.5. The molecule has 2 rings (SSSR count). The van der Waals surface area contributed by atoms with Gasteiger partial charge < -0.3 is 15.3 Å². The number of amides is 1. The van der Waals surface area contributed by atoms with Crippen LogP contribution in [-0.4, -0.2) is 45.0 Å². The molecule has 1 saturated heterocycles. The molecule has 1 atom stereocenters. The Labute approximate surface area is 93.9 Å². The maximum Gasteiger partial charge on any atom is 0.407 e. The number of hydrogen-bond donors (Lipinski definition) is 2. The van der Waals surface area contributed by atoms with Gasteiger partial charge in [0.05, 0.1) is 11.9 Å². The first-order valence-corrected chi connectivity index (χ1v) is 5.38. The van der Waals surface area contributed by atoms with Gasteiger partial charge in [0.25, 0.3) is 0 Å². The van der Waals surface area contributed by atoms with Crippen LogP contribution in [0.1, 0.15) is 12.8 Å². The first-order chi connectivity index (χ1) is 7.65. The van der Waals surface area contributed by atoms with Crippen molar-refractivity contribution >= 4 is 11.8 Å². The van der Waals surface area contributed by atoms with Gasteiger partial charge in [0.15, 0.2) is 0 Å². The van der Waals surface area contributed by atoms with Gasteiger partial charge in [-0.3, -0.25) is 4.68 Å². The van der Waals surface area contributed by atoms with E-state index in [1.807, 2.05) is 13.2 Å². The molecule has 0 radical (unpaired) electrons. The first kappa shape index (κ1) is 10.8. The third kappa shape index (κ3) is 2.44. The van der Waals surface area contributed by atoms with Crippen LogP contribution in [0, 0.1) is 0 Å². The van der Waals surface area contributed by atoms with Crippen LogP contribution in [-0.2, 0) is 7.05 Å². The molecule has 16 heavy (non-hydrogen) atoms. The van der Waals surface area contributed by atoms with Gasteiger partial charge in [-0.2, -0.15) is 5.10 Å². The van der Waals surface area contributed by atoms with Crippen molar-refractivity contribution in [1.82, 2.24) is 14.7 Å². The summed E-state index contributed by atoms with van der Waals surface area (Å²) in [6.07, 6.45) is 4.71. The quantitative estimate of drug-likeness (QED) is 0.785. The Morgan fingerprint density at radius 3 is 3.12 bits per heavy atom. The SMILES string of the molecule is Cn1cc(N[C@H]2CCCN(C(=O)O)C2)cn1. The number of likely N-dealkylation sites (tertiary alicyclic amines) is 1. The van der Waals surface area contributed by atoms with Crippen molar-refractivity contribution in [2.24, 2.45) is 7.05 Å². The molecule has 0 saturated carbocycles. The fourth-order valence-corrected chi connectivity index (χ4v) is 2.00. The molecule has 88 valence electrons. The number of nitrogens with one attached hydrogen (secondary N) is 1. The van der Waals surface area contributed by atoms with E-state index < -0.39 is 6.09 Å². The zero-order valence-electron chi connectivity index (χ0n) is 9.26. The highest BCUT2D eigenvalue weighted by Gasteiger charge is 2.23. The summed E-state index contributed by atoms with van der Waals surface area (Å²) >= 11 is 0. The lowest BCUT2D eigenvalue weighted by Crippen LogP contribution is -2.44. The summed E-state index contributed by atoms with van der Waals surface area (Å²) in [7, 11) is 1.86. The molecule has 1 fully saturated rings. The van der Waals surface area contributed by atoms with Crippen molar-refractivity contribution in [3.05, 3.63) is 12.4 Å². The average Bonchev–Trinajstić information content (AvgIpc) is 2.64. The summed E-state index contributed by atoms with van der Waals surface area (Å²) in [5, 5.41) is 16.3. The van der Waals surface area contributed by atoms with Crippen molar-refractivity contribution in [2.75, 3.05) is 18.4 Å². The van der Waals surface area contributed by atoms with E-state index in [9.17, 15) is 4.79 Å². The maximum atomic E-state index is 10.8. The maximum absolute atomic E-state index is 10.8. The molecule has 0 aliphatic carbocycles. The third-order valence-corrected chi connectivity index (χ3v) is 2.77. The molecule has 0 bridgehead atoms. The predicted octanol–water partition coefficient (Wildman–Crippen LogP) is 0.974. The van der Waals surface area contributed by atoms with Crippen molar-refractivity contribution in [3.8, 4) is 0 Å². The molecule has 1 aromatic heterocycles. The Morgan fingerprint density at radius 1 is 1.69 bits per heavy atom. The highest BCUT2D eigenvalue weighted by Crippen LogP contribution is 2.15. The van der Waals surface area contributed by atoms with Gasteiger partial charge in [0.2, 0.25) is 0 Å². The van der Waals surface area contributed by atoms with Crippen LogP contribution in [0.2, 0.25) is 0 Å². The van der Waals surface area contributed by atoms with Gasteiger partial charge in [-0.05, 0) is 12.8 Å². The number of aromatic nitrogens is 2. The lowest BCUT2D eigenvalue weighted by molar-refractivity contribution is 0.133. The number of carboxylic acid groups (broad SMARTS) is 1. The van der Waals surface area contributed by atoms with Gasteiger partial charge >= 0.3 is 6.09 Å². The number of rotatable bonds is 2. The average molecular weight is 224 g/mol. The van der Waals surface area contributed by atoms with Crippen molar-refractivity contribution in [2.45, 2.75) is 18.9 Å². The number of nitrogens with zero attached hydrogens (tertiary/aromatic N) is 3. The lowest BCUT2D eigenvalue weighted by Gasteiger charge is -2.31. The van der Waals surface area contributed by atoms with E-state index in [4.69, 9.17) is 5.11 Å². The van der Waals surface area contributed by atoms with E-state index in [1.165, 1.54) is 4.90 Å². The summed E-state index contributed by atoms with van der Waals surface area (Å²) in [6.45, 7) is 1.19. The van der Waals surface area contributed by atoms with Crippen LogP contribution in [0.4, 0.5) is 10.5 Å². The molecule has 6 nitrogen and oxygen atoms in total. The standard InChI is InChI=1S/C10H16N4O2/c1-13-6-9(5-11-13)12-8-3-2-4-14(7-8)10(15)16/h5-6,8,12H,2-4,7H2,1H3,(H,15,16)/t8-/m0/s1. The summed E-state index contributed by atoms with van der Waals surface area (Å²) in [4.78, 5) is 12.3. The molecule has 6 heteroatoms. The van der Waals surface area contributed by atoms with E-state index in [0.717, 1.165) is 18.5 Å². The first-order valence-electron chi connectivity index (χ1n) is 5.38. The summed E-state index contributed by atoms with van der Waals surface area (Å²) in [5.41, 5.74) is 0.944. The predicted molar refractivity (Wildman–Crippen MR) is 59.5 cm³/mol. The van der Waals surface area contributed by atoms with Crippen LogP contribution < -0.4 is 5.32 Å². The smallest absolute Gasteiger partial charge is 0.407 e. The Hall–Kier alpha value is -1.72. The summed E-state index contributed by atoms with van der Waals surface area (Å²) in [5.74, 6) is 0. The number of carbonyl (C=O) groups is 1. The second kappa shape index (κ2) is 4.42. The Bertz CT molecular complexity index is 377. The Balaban J connectivity index is 1.92. The van der Waals surface area contributed by atoms with Crippen molar-refractivity contribution in [3.63, 3.8) is 0 Å². The van der Waals surface area contributed by atoms with Crippen LogP contribution in [0.15, 0.2) is 12.4 Å². The molecule has 1 aliphatic heterocycles. The summed E-state index contributed by atoms with van der Waals surface area (Å²) < 4.78 is 1.72. The normalized spacial score (nSPS) is 20.8. The van der Waals surface area contributed by atoms with E-state index in [-0.39, 0.29) is 6.04 Å². The minimum Gasteiger partial charge on any atom is -0.465 e. The topological polar surface area (TPSA) is 70.4 Å². The fraction of sp³-hybridized carbons (Fsp3) is 0.600. The van der Waals surface area contributed by atoms with Gasteiger partial charge in [-0.25, -0.2) is 4.79 Å². The molecule has 1 amide bonds. The number of anilines is 1. The number of hydrogen-bond acceptors (Lipinski definition) is 3. The number of piperidine rings is 1. The highest BCUT2D eigenvalue weighted by molar-refractivity contribution is 5.65. The summed E-state index contributed by atoms with van der Waals surface area (Å²) in [6, 6.07) is 0.189. The minimum atomic E-state index is -0.835. The van der Waals surface area contributed by atoms with Gasteiger partial charge in [0.1, 0.15) is 0 Å². The molecular formula is C10H16N4O2. The van der Waals surface area contributed by atoms with Crippen molar-refractivity contribution in [1.29, 1.82) is 0 Å². The Kier molecular flexibility index (Phi) is 2.98. The second-order valence-electron chi connectivity index (χ2n) is 4.11. The largest absolute Gasteiger partial charge is 0.465 e. The van der Waals surface area contributed by atoms with Gasteiger partial charge in [0, 0.05) is 32.4 Å². The van der Waals surface area contributed by atoms with Crippen LogP contribution >= 0.6 is 0 Å². The van der Waals surface area contributed by atoms with E-state index >= 15 is 0 Å². The van der Waals surface area contributed by atoms with E-state index in [1.54, 1.807) is 10.9 Å². The monoisotopic (exact) mass is 224 g/mol. The fourth-order valence-electron chi connectivity index (χ4n) is 2.00. The minimum absolute atomic E-state index is 0.189. The molecular weight excluding hydrogens is 208 g/mol. The lowest BCUT2D eigenvalue weighted by atomic mass is 10.1. The van der Waals surface area contributed by atoms with E-state index in [0.29, 0.717) is 13.1 Å². The Morgan fingerprint density at radius 2 is 2.50 bits per heavy atom.